The average molecular weight is 221 g/mol. The average Bonchev–Trinajstić information content (AvgIpc) is 2.34. The molecule has 0 saturated carbocycles. The third-order valence-corrected chi connectivity index (χ3v) is 3.28. The fraction of sp³-hybridized carbons (Fsp3) is 0.643. The molecule has 0 aliphatic rings. The van der Waals surface area contributed by atoms with Crippen LogP contribution in [0.4, 0.5) is 0 Å². The standard InChI is InChI=1S/C14H23NO/c1-3-12(4-2)11-14(16)6-5-13-7-9-15-10-8-13/h7-10,12,14,16H,3-6,11H2,1-2H3. The van der Waals surface area contributed by atoms with E-state index in [-0.39, 0.29) is 6.10 Å². The Morgan fingerprint density at radius 3 is 2.38 bits per heavy atom. The van der Waals surface area contributed by atoms with Gasteiger partial charge >= 0.3 is 0 Å². The molecule has 0 spiro atoms. The monoisotopic (exact) mass is 221 g/mol. The van der Waals surface area contributed by atoms with Gasteiger partial charge in [-0.3, -0.25) is 4.98 Å². The minimum Gasteiger partial charge on any atom is -0.393 e. The van der Waals surface area contributed by atoms with Crippen LogP contribution in [-0.2, 0) is 6.42 Å². The smallest absolute Gasteiger partial charge is 0.0546 e. The first-order valence-corrected chi connectivity index (χ1v) is 6.33. The van der Waals surface area contributed by atoms with E-state index >= 15 is 0 Å². The molecule has 0 aliphatic heterocycles. The molecular weight excluding hydrogens is 198 g/mol. The van der Waals surface area contributed by atoms with Gasteiger partial charge in [-0.2, -0.15) is 0 Å². The van der Waals surface area contributed by atoms with Crippen molar-refractivity contribution in [2.45, 2.75) is 52.1 Å². The molecule has 2 nitrogen and oxygen atoms in total. The summed E-state index contributed by atoms with van der Waals surface area (Å²) in [5.41, 5.74) is 1.26. The summed E-state index contributed by atoms with van der Waals surface area (Å²) in [6.07, 6.45) is 8.55. The lowest BCUT2D eigenvalue weighted by molar-refractivity contribution is 0.131. The lowest BCUT2D eigenvalue weighted by Crippen LogP contribution is -2.13. The summed E-state index contributed by atoms with van der Waals surface area (Å²) in [5.74, 6) is 0.674. The highest BCUT2D eigenvalue weighted by Crippen LogP contribution is 2.17. The van der Waals surface area contributed by atoms with Gasteiger partial charge < -0.3 is 5.11 Å². The van der Waals surface area contributed by atoms with Crippen LogP contribution in [0.2, 0.25) is 0 Å². The van der Waals surface area contributed by atoms with Crippen molar-refractivity contribution in [2.24, 2.45) is 5.92 Å². The van der Waals surface area contributed by atoms with E-state index in [2.05, 4.69) is 18.8 Å². The van der Waals surface area contributed by atoms with Crippen molar-refractivity contribution in [3.63, 3.8) is 0 Å². The first kappa shape index (κ1) is 13.2. The molecule has 0 fully saturated rings. The van der Waals surface area contributed by atoms with Crippen molar-refractivity contribution >= 4 is 0 Å². The molecule has 1 heterocycles. The lowest BCUT2D eigenvalue weighted by Gasteiger charge is -2.17. The number of aryl methyl sites for hydroxylation is 1. The van der Waals surface area contributed by atoms with Gasteiger partial charge in [-0.1, -0.05) is 26.7 Å². The Balaban J connectivity index is 2.27. The molecule has 90 valence electrons. The van der Waals surface area contributed by atoms with E-state index in [0.717, 1.165) is 19.3 Å². The number of aliphatic hydroxyl groups is 1. The normalized spacial score (nSPS) is 13.0. The van der Waals surface area contributed by atoms with Crippen molar-refractivity contribution in [3.8, 4) is 0 Å². The van der Waals surface area contributed by atoms with Crippen LogP contribution in [0, 0.1) is 5.92 Å². The number of pyridine rings is 1. The topological polar surface area (TPSA) is 33.1 Å². The molecular formula is C14H23NO. The Morgan fingerprint density at radius 2 is 1.81 bits per heavy atom. The number of aliphatic hydroxyl groups excluding tert-OH is 1. The van der Waals surface area contributed by atoms with Gasteiger partial charge in [-0.15, -0.1) is 0 Å². The lowest BCUT2D eigenvalue weighted by atomic mass is 9.93. The fourth-order valence-corrected chi connectivity index (χ4v) is 2.01. The van der Waals surface area contributed by atoms with Crippen molar-refractivity contribution in [1.29, 1.82) is 0 Å². The van der Waals surface area contributed by atoms with Gasteiger partial charge in [0.1, 0.15) is 0 Å². The minimum absolute atomic E-state index is 0.155. The van der Waals surface area contributed by atoms with Crippen molar-refractivity contribution < 1.29 is 5.11 Å². The van der Waals surface area contributed by atoms with Crippen LogP contribution in [0.15, 0.2) is 24.5 Å². The molecule has 0 radical (unpaired) electrons. The highest BCUT2D eigenvalue weighted by atomic mass is 16.3. The molecule has 0 amide bonds. The summed E-state index contributed by atoms with van der Waals surface area (Å²) in [6, 6.07) is 4.04. The van der Waals surface area contributed by atoms with Gasteiger partial charge in [0.05, 0.1) is 6.10 Å². The van der Waals surface area contributed by atoms with Crippen LogP contribution < -0.4 is 0 Å². The molecule has 16 heavy (non-hydrogen) atoms. The zero-order valence-electron chi connectivity index (χ0n) is 10.4. The minimum atomic E-state index is -0.155. The predicted octanol–water partition coefficient (Wildman–Crippen LogP) is 3.20. The molecule has 1 aromatic rings. The van der Waals surface area contributed by atoms with E-state index in [4.69, 9.17) is 0 Å². The number of hydrogen-bond donors (Lipinski definition) is 1. The highest BCUT2D eigenvalue weighted by molar-refractivity contribution is 5.09. The first-order valence-electron chi connectivity index (χ1n) is 6.33. The first-order chi connectivity index (χ1) is 7.76. The van der Waals surface area contributed by atoms with E-state index in [0.29, 0.717) is 5.92 Å². The van der Waals surface area contributed by atoms with E-state index < -0.39 is 0 Å². The molecule has 0 aliphatic carbocycles. The molecule has 1 unspecified atom stereocenters. The Morgan fingerprint density at radius 1 is 1.19 bits per heavy atom. The van der Waals surface area contributed by atoms with Gasteiger partial charge in [0, 0.05) is 12.4 Å². The van der Waals surface area contributed by atoms with Crippen molar-refractivity contribution in [2.75, 3.05) is 0 Å². The van der Waals surface area contributed by atoms with Gasteiger partial charge in [0.25, 0.3) is 0 Å². The van der Waals surface area contributed by atoms with Gasteiger partial charge in [0.2, 0.25) is 0 Å². The predicted molar refractivity (Wildman–Crippen MR) is 67.3 cm³/mol. The summed E-state index contributed by atoms with van der Waals surface area (Å²) in [5, 5.41) is 9.93. The summed E-state index contributed by atoms with van der Waals surface area (Å²) >= 11 is 0. The van der Waals surface area contributed by atoms with E-state index in [1.807, 2.05) is 24.5 Å². The second kappa shape index (κ2) is 7.39. The third-order valence-electron chi connectivity index (χ3n) is 3.28. The summed E-state index contributed by atoms with van der Waals surface area (Å²) in [7, 11) is 0. The van der Waals surface area contributed by atoms with Crippen LogP contribution in [0.25, 0.3) is 0 Å². The number of rotatable bonds is 7. The zero-order chi connectivity index (χ0) is 11.8. The molecule has 1 rings (SSSR count). The molecule has 1 atom stereocenters. The van der Waals surface area contributed by atoms with Crippen LogP contribution in [0.3, 0.4) is 0 Å². The fourth-order valence-electron chi connectivity index (χ4n) is 2.01. The highest BCUT2D eigenvalue weighted by Gasteiger charge is 2.11. The van der Waals surface area contributed by atoms with Gasteiger partial charge in [0.15, 0.2) is 0 Å². The largest absolute Gasteiger partial charge is 0.393 e. The number of aromatic nitrogens is 1. The molecule has 2 heteroatoms. The Labute approximate surface area is 98.7 Å². The van der Waals surface area contributed by atoms with Crippen LogP contribution in [0.1, 0.15) is 45.1 Å². The van der Waals surface area contributed by atoms with Crippen LogP contribution in [0.5, 0.6) is 0 Å². The Kier molecular flexibility index (Phi) is 6.09. The van der Waals surface area contributed by atoms with Crippen LogP contribution in [-0.4, -0.2) is 16.2 Å². The summed E-state index contributed by atoms with van der Waals surface area (Å²) < 4.78 is 0. The quantitative estimate of drug-likeness (QED) is 0.767. The van der Waals surface area contributed by atoms with E-state index in [1.165, 1.54) is 18.4 Å². The molecule has 1 aromatic heterocycles. The SMILES string of the molecule is CCC(CC)CC(O)CCc1ccncc1. The van der Waals surface area contributed by atoms with Crippen molar-refractivity contribution in [3.05, 3.63) is 30.1 Å². The van der Waals surface area contributed by atoms with Crippen molar-refractivity contribution in [1.82, 2.24) is 4.98 Å². The second-order valence-electron chi connectivity index (χ2n) is 4.47. The molecule has 0 saturated heterocycles. The Hall–Kier alpha value is -0.890. The maximum atomic E-state index is 9.93. The maximum absolute atomic E-state index is 9.93. The second-order valence-corrected chi connectivity index (χ2v) is 4.47. The van der Waals surface area contributed by atoms with Gasteiger partial charge in [-0.25, -0.2) is 0 Å². The van der Waals surface area contributed by atoms with Gasteiger partial charge in [-0.05, 0) is 42.9 Å². The number of hydrogen-bond acceptors (Lipinski definition) is 2. The van der Waals surface area contributed by atoms with E-state index in [1.54, 1.807) is 0 Å². The third kappa shape index (κ3) is 4.75. The molecule has 0 aromatic carbocycles. The molecule has 0 bridgehead atoms. The summed E-state index contributed by atoms with van der Waals surface area (Å²) in [4.78, 5) is 3.98. The molecule has 1 N–H and O–H groups in total. The van der Waals surface area contributed by atoms with E-state index in [9.17, 15) is 5.11 Å². The Bertz CT molecular complexity index is 269. The maximum Gasteiger partial charge on any atom is 0.0546 e. The zero-order valence-corrected chi connectivity index (χ0v) is 10.4. The summed E-state index contributed by atoms with van der Waals surface area (Å²) in [6.45, 7) is 4.40. The van der Waals surface area contributed by atoms with Crippen LogP contribution >= 0.6 is 0 Å². The number of nitrogens with zero attached hydrogens (tertiary/aromatic N) is 1.